The number of fused-ring (bicyclic) bond motifs is 1. The molecular formula is C19H23N3O6S. The summed E-state index contributed by atoms with van der Waals surface area (Å²) in [6.07, 6.45) is 2.01. The number of urea groups is 1. The van der Waals surface area contributed by atoms with Crippen LogP contribution in [-0.2, 0) is 14.3 Å². The topological polar surface area (TPSA) is 122 Å². The minimum Gasteiger partial charge on any atom is -0.454 e. The van der Waals surface area contributed by atoms with E-state index in [0.29, 0.717) is 5.75 Å². The molecule has 0 saturated heterocycles. The maximum Gasteiger partial charge on any atom is 0.329 e. The van der Waals surface area contributed by atoms with Crippen LogP contribution >= 0.6 is 11.8 Å². The van der Waals surface area contributed by atoms with Crippen LogP contribution < -0.4 is 10.6 Å². The first-order valence-electron chi connectivity index (χ1n) is 8.99. The molecule has 2 N–H and O–H groups in total. The van der Waals surface area contributed by atoms with Crippen LogP contribution in [0.1, 0.15) is 41.0 Å². The van der Waals surface area contributed by atoms with E-state index in [2.05, 4.69) is 5.32 Å². The molecule has 29 heavy (non-hydrogen) atoms. The second-order valence-corrected chi connectivity index (χ2v) is 7.59. The number of amides is 5. The molecule has 0 unspecified atom stereocenters. The highest BCUT2D eigenvalue weighted by Crippen LogP contribution is 2.26. The molecule has 1 atom stereocenters. The Hall–Kier alpha value is -2.88. The maximum atomic E-state index is 12.7. The van der Waals surface area contributed by atoms with Crippen molar-refractivity contribution in [1.29, 1.82) is 0 Å². The predicted octanol–water partition coefficient (Wildman–Crippen LogP) is 1.18. The lowest BCUT2D eigenvalue weighted by Crippen LogP contribution is -2.47. The summed E-state index contributed by atoms with van der Waals surface area (Å²) in [5.74, 6) is -2.35. The van der Waals surface area contributed by atoms with E-state index in [-0.39, 0.29) is 23.6 Å². The molecule has 0 aliphatic carbocycles. The van der Waals surface area contributed by atoms with Gasteiger partial charge in [0.25, 0.3) is 17.7 Å². The Labute approximate surface area is 172 Å². The average molecular weight is 421 g/mol. The summed E-state index contributed by atoms with van der Waals surface area (Å²) in [7, 11) is 0. The number of hydrogen-bond donors (Lipinski definition) is 2. The fourth-order valence-corrected chi connectivity index (χ4v) is 3.23. The number of nitrogens with one attached hydrogen (secondary N) is 2. The lowest BCUT2D eigenvalue weighted by molar-refractivity contribution is -0.152. The zero-order valence-electron chi connectivity index (χ0n) is 16.4. The van der Waals surface area contributed by atoms with E-state index in [1.807, 2.05) is 11.6 Å². The Kier molecular flexibility index (Phi) is 7.77. The zero-order chi connectivity index (χ0) is 21.6. The van der Waals surface area contributed by atoms with Crippen LogP contribution in [0.2, 0.25) is 0 Å². The third-order valence-electron chi connectivity index (χ3n) is 4.02. The predicted molar refractivity (Wildman–Crippen MR) is 106 cm³/mol. The lowest BCUT2D eigenvalue weighted by atomic mass is 10.1. The van der Waals surface area contributed by atoms with Crippen LogP contribution in [-0.4, -0.2) is 65.3 Å². The van der Waals surface area contributed by atoms with Crippen LogP contribution in [0.15, 0.2) is 24.3 Å². The van der Waals surface area contributed by atoms with Gasteiger partial charge in [-0.1, -0.05) is 12.1 Å². The Morgan fingerprint density at radius 1 is 1.10 bits per heavy atom. The molecule has 0 spiro atoms. The molecule has 1 heterocycles. The quantitative estimate of drug-likeness (QED) is 0.477. The zero-order valence-corrected chi connectivity index (χ0v) is 17.2. The van der Waals surface area contributed by atoms with Crippen molar-refractivity contribution in [2.75, 3.05) is 18.6 Å². The third-order valence-corrected chi connectivity index (χ3v) is 4.67. The first-order valence-corrected chi connectivity index (χ1v) is 10.4. The molecule has 156 valence electrons. The van der Waals surface area contributed by atoms with E-state index in [4.69, 9.17) is 4.74 Å². The molecule has 0 bridgehead atoms. The maximum absolute atomic E-state index is 12.7. The summed E-state index contributed by atoms with van der Waals surface area (Å²) in [4.78, 5) is 62.1. The minimum atomic E-state index is -1.16. The van der Waals surface area contributed by atoms with E-state index in [0.717, 1.165) is 4.90 Å². The SMILES string of the molecule is CSCC[C@@H](C(=O)OCC(=O)NC(=O)NC(C)C)N1C(=O)c2ccccc2C1=O. The molecule has 0 aromatic heterocycles. The van der Waals surface area contributed by atoms with Gasteiger partial charge in [0, 0.05) is 6.04 Å². The van der Waals surface area contributed by atoms with Gasteiger partial charge in [0.2, 0.25) is 0 Å². The second-order valence-electron chi connectivity index (χ2n) is 6.61. The molecule has 1 aliphatic rings. The van der Waals surface area contributed by atoms with Gasteiger partial charge in [0.05, 0.1) is 11.1 Å². The minimum absolute atomic E-state index is 0.171. The highest BCUT2D eigenvalue weighted by Gasteiger charge is 2.43. The van der Waals surface area contributed by atoms with Crippen LogP contribution in [0.25, 0.3) is 0 Å². The van der Waals surface area contributed by atoms with Gasteiger partial charge in [-0.25, -0.2) is 9.59 Å². The van der Waals surface area contributed by atoms with E-state index in [1.165, 1.54) is 23.9 Å². The number of carbonyl (C=O) groups is 5. The van der Waals surface area contributed by atoms with Gasteiger partial charge in [-0.3, -0.25) is 24.6 Å². The molecule has 0 fully saturated rings. The number of carbonyl (C=O) groups excluding carboxylic acids is 5. The second kappa shape index (κ2) is 10.1. The number of imide groups is 2. The van der Waals surface area contributed by atoms with Crippen molar-refractivity contribution in [2.45, 2.75) is 32.4 Å². The number of esters is 1. The van der Waals surface area contributed by atoms with Gasteiger partial charge in [-0.05, 0) is 44.4 Å². The Balaban J connectivity index is 2.06. The Bertz CT molecular complexity index is 791. The van der Waals surface area contributed by atoms with Crippen LogP contribution in [0.3, 0.4) is 0 Å². The van der Waals surface area contributed by atoms with Crippen molar-refractivity contribution in [2.24, 2.45) is 0 Å². The highest BCUT2D eigenvalue weighted by atomic mass is 32.2. The van der Waals surface area contributed by atoms with Crippen molar-refractivity contribution >= 4 is 41.5 Å². The van der Waals surface area contributed by atoms with Gasteiger partial charge in [0.15, 0.2) is 6.61 Å². The first kappa shape index (κ1) is 22.4. The van der Waals surface area contributed by atoms with E-state index >= 15 is 0 Å². The molecule has 0 radical (unpaired) electrons. The largest absolute Gasteiger partial charge is 0.454 e. The van der Waals surface area contributed by atoms with Gasteiger partial charge in [-0.15, -0.1) is 0 Å². The van der Waals surface area contributed by atoms with E-state index in [1.54, 1.807) is 26.0 Å². The normalized spacial score (nSPS) is 13.9. The van der Waals surface area contributed by atoms with Crippen LogP contribution in [0.4, 0.5) is 4.79 Å². The number of nitrogens with zero attached hydrogens (tertiary/aromatic N) is 1. The fourth-order valence-electron chi connectivity index (χ4n) is 2.77. The molecule has 5 amide bonds. The van der Waals surface area contributed by atoms with Crippen molar-refractivity contribution in [3.05, 3.63) is 35.4 Å². The van der Waals surface area contributed by atoms with Crippen LogP contribution in [0, 0.1) is 0 Å². The fraction of sp³-hybridized carbons (Fsp3) is 0.421. The van der Waals surface area contributed by atoms with Gasteiger partial charge in [0.1, 0.15) is 6.04 Å². The number of rotatable bonds is 8. The van der Waals surface area contributed by atoms with Crippen LogP contribution in [0.5, 0.6) is 0 Å². The molecule has 1 aromatic rings. The summed E-state index contributed by atoms with van der Waals surface area (Å²) < 4.78 is 4.99. The number of thioether (sulfide) groups is 1. The molecule has 2 rings (SSSR count). The average Bonchev–Trinajstić information content (AvgIpc) is 2.91. The van der Waals surface area contributed by atoms with Crippen molar-refractivity contribution in [3.63, 3.8) is 0 Å². The van der Waals surface area contributed by atoms with Gasteiger partial charge in [-0.2, -0.15) is 11.8 Å². The van der Waals surface area contributed by atoms with Crippen molar-refractivity contribution < 1.29 is 28.7 Å². The van der Waals surface area contributed by atoms with Crippen molar-refractivity contribution in [3.8, 4) is 0 Å². The highest BCUT2D eigenvalue weighted by molar-refractivity contribution is 7.98. The van der Waals surface area contributed by atoms with Gasteiger partial charge < -0.3 is 10.1 Å². The smallest absolute Gasteiger partial charge is 0.329 e. The van der Waals surface area contributed by atoms with Crippen molar-refractivity contribution in [1.82, 2.24) is 15.5 Å². The molecule has 10 heteroatoms. The summed E-state index contributed by atoms with van der Waals surface area (Å²) in [6.45, 7) is 2.74. The summed E-state index contributed by atoms with van der Waals surface area (Å²) in [5, 5.41) is 4.50. The third kappa shape index (κ3) is 5.57. The molecule has 0 saturated carbocycles. The van der Waals surface area contributed by atoms with E-state index < -0.39 is 42.4 Å². The number of hydrogen-bond acceptors (Lipinski definition) is 7. The summed E-state index contributed by atoms with van der Waals surface area (Å²) in [5.41, 5.74) is 0.449. The summed E-state index contributed by atoms with van der Waals surface area (Å²) in [6, 6.07) is 4.27. The Morgan fingerprint density at radius 3 is 2.21 bits per heavy atom. The lowest BCUT2D eigenvalue weighted by Gasteiger charge is -2.24. The molecule has 1 aliphatic heterocycles. The summed E-state index contributed by atoms with van der Waals surface area (Å²) >= 11 is 1.44. The molecule has 9 nitrogen and oxygen atoms in total. The monoisotopic (exact) mass is 421 g/mol. The number of benzene rings is 1. The van der Waals surface area contributed by atoms with E-state index in [9.17, 15) is 24.0 Å². The standard InChI is InChI=1S/C19H23N3O6S/c1-11(2)20-19(27)21-15(23)10-28-18(26)14(8-9-29-3)22-16(24)12-6-4-5-7-13(12)17(22)25/h4-7,11,14H,8-10H2,1-3H3,(H2,20,21,23,27)/t14-/m0/s1. The molecule has 1 aromatic carbocycles. The number of ether oxygens (including phenoxy) is 1. The first-order chi connectivity index (χ1) is 13.8. The molecular weight excluding hydrogens is 398 g/mol. The Morgan fingerprint density at radius 2 is 1.69 bits per heavy atom. The van der Waals surface area contributed by atoms with Gasteiger partial charge >= 0.3 is 12.0 Å².